The van der Waals surface area contributed by atoms with Gasteiger partial charge in [0, 0.05) is 17.9 Å². The number of carboxylic acids is 3. The zero-order chi connectivity index (χ0) is 19.7. The van der Waals surface area contributed by atoms with Gasteiger partial charge >= 0.3 is 41.3 Å². The van der Waals surface area contributed by atoms with E-state index in [2.05, 4.69) is 0 Å². The molecule has 25 heavy (non-hydrogen) atoms. The van der Waals surface area contributed by atoms with Crippen molar-refractivity contribution >= 4 is 17.9 Å². The Kier molecular flexibility index (Phi) is 28.3. The number of carbonyl (C=O) groups is 3. The molecule has 6 nitrogen and oxygen atoms in total. The van der Waals surface area contributed by atoms with Gasteiger partial charge in [0.15, 0.2) is 0 Å². The molecule has 7 heteroatoms. The first-order valence-corrected chi connectivity index (χ1v) is 8.78. The fourth-order valence-corrected chi connectivity index (χ4v) is 1.87. The van der Waals surface area contributed by atoms with Crippen LogP contribution in [0, 0.1) is 59.0 Å². The minimum absolute atomic E-state index is 0. The second kappa shape index (κ2) is 21.8. The molecule has 0 atom stereocenters. The molecule has 0 bridgehead atoms. The number of rotatable bonds is 9. The summed E-state index contributed by atoms with van der Waals surface area (Å²) in [5.74, 6) is -3.49. The number of hydrogen-bond donors (Lipinski definition) is 0. The van der Waals surface area contributed by atoms with Crippen LogP contribution in [0.1, 0.15) is 80.1 Å². The van der Waals surface area contributed by atoms with Crippen LogP contribution in [0.3, 0.4) is 0 Å². The average molecular weight is 486 g/mol. The van der Waals surface area contributed by atoms with Crippen molar-refractivity contribution in [1.82, 2.24) is 0 Å². The number of hydrogen-bond acceptors (Lipinski definition) is 6. The van der Waals surface area contributed by atoms with E-state index < -0.39 is 17.9 Å². The van der Waals surface area contributed by atoms with Gasteiger partial charge in [-0.1, -0.05) is 41.5 Å². The summed E-state index contributed by atoms with van der Waals surface area (Å²) >= 11 is 0. The number of carbonyl (C=O) groups excluding carboxylic acids is 3. The van der Waals surface area contributed by atoms with Gasteiger partial charge in [0.2, 0.25) is 0 Å². The molecule has 0 aromatic carbocycles. The summed E-state index contributed by atoms with van der Waals surface area (Å²) < 4.78 is 0. The van der Waals surface area contributed by atoms with Crippen molar-refractivity contribution in [2.24, 2.45) is 17.8 Å². The van der Waals surface area contributed by atoms with Gasteiger partial charge in [-0.2, -0.15) is 0 Å². The summed E-state index contributed by atoms with van der Waals surface area (Å²) in [4.78, 5) is 30.2. The fraction of sp³-hybridized carbons (Fsp3) is 0.833. The van der Waals surface area contributed by atoms with Crippen LogP contribution in [0.2, 0.25) is 0 Å². The van der Waals surface area contributed by atoms with Gasteiger partial charge in [-0.3, -0.25) is 0 Å². The molecule has 0 radical (unpaired) electrons. The molecule has 0 aliphatic rings. The quantitative estimate of drug-likeness (QED) is 0.469. The maximum absolute atomic E-state index is 10.1. The summed E-state index contributed by atoms with van der Waals surface area (Å²) in [5, 5.41) is 30.2. The van der Waals surface area contributed by atoms with E-state index >= 15 is 0 Å². The summed E-state index contributed by atoms with van der Waals surface area (Å²) in [6.07, 6.45) is 4.08. The van der Waals surface area contributed by atoms with Gasteiger partial charge in [-0.25, -0.2) is 0 Å². The number of aliphatic carboxylic acids is 3. The van der Waals surface area contributed by atoms with Crippen molar-refractivity contribution in [2.45, 2.75) is 80.1 Å². The Morgan fingerprint density at radius 2 is 0.640 bits per heavy atom. The van der Waals surface area contributed by atoms with Crippen LogP contribution < -0.4 is 15.3 Å². The Morgan fingerprint density at radius 1 is 0.520 bits per heavy atom. The second-order valence-electron chi connectivity index (χ2n) is 5.50. The summed E-state index contributed by atoms with van der Waals surface area (Å²) in [7, 11) is 0. The van der Waals surface area contributed by atoms with E-state index in [0.717, 1.165) is 0 Å². The van der Waals surface area contributed by atoms with Crippen molar-refractivity contribution in [3.63, 3.8) is 0 Å². The fourth-order valence-electron chi connectivity index (χ4n) is 1.87. The molecule has 0 fully saturated rings. The Balaban J connectivity index is -0.000000130. The van der Waals surface area contributed by atoms with Crippen molar-refractivity contribution < 1.29 is 71.0 Å². The molecule has 0 rings (SSSR count). The topological polar surface area (TPSA) is 120 Å². The molecule has 0 aliphatic carbocycles. The van der Waals surface area contributed by atoms with E-state index in [0.29, 0.717) is 38.5 Å². The van der Waals surface area contributed by atoms with E-state index in [4.69, 9.17) is 0 Å². The second-order valence-corrected chi connectivity index (χ2v) is 5.50. The summed E-state index contributed by atoms with van der Waals surface area (Å²) in [5.41, 5.74) is 0. The maximum atomic E-state index is 10.1. The minimum Gasteiger partial charge on any atom is -0.550 e. The van der Waals surface area contributed by atoms with Gasteiger partial charge < -0.3 is 29.7 Å². The van der Waals surface area contributed by atoms with Gasteiger partial charge in [0.1, 0.15) is 0 Å². The first kappa shape index (κ1) is 32.4. The van der Waals surface area contributed by atoms with E-state index in [1.165, 1.54) is 0 Å². The largest absolute Gasteiger partial charge is 3.00 e. The van der Waals surface area contributed by atoms with Crippen LogP contribution in [0.15, 0.2) is 0 Å². The molecule has 0 saturated heterocycles. The Morgan fingerprint density at radius 3 is 0.640 bits per heavy atom. The third-order valence-electron chi connectivity index (χ3n) is 3.96. The van der Waals surface area contributed by atoms with Gasteiger partial charge in [0.05, 0.1) is 0 Å². The Hall–Kier alpha value is -0.226. The zero-order valence-corrected chi connectivity index (χ0v) is 20.2. The SMILES string of the molecule is CCC(CC)C(=O)[O-].CCC(CC)C(=O)[O-].CCC(CC)C(=O)[O-].[Pr+3]. The molecule has 0 aromatic rings. The molecule has 0 amide bonds. The van der Waals surface area contributed by atoms with Gasteiger partial charge in [-0.15, -0.1) is 0 Å². The normalized spacial score (nSPS) is 9.48. The van der Waals surface area contributed by atoms with Crippen molar-refractivity contribution in [1.29, 1.82) is 0 Å². The standard InChI is InChI=1S/3C6H12O2.Pr/c3*1-3-5(4-2)6(7)8;/h3*5H,3-4H2,1-2H3,(H,7,8);/q;;;+3/p-3. The minimum atomic E-state index is -0.921. The molecule has 0 N–H and O–H groups in total. The molecular formula is C18H33O6Pr. The van der Waals surface area contributed by atoms with E-state index in [-0.39, 0.29) is 59.0 Å². The van der Waals surface area contributed by atoms with Crippen molar-refractivity contribution in [3.05, 3.63) is 0 Å². The van der Waals surface area contributed by atoms with Crippen LogP contribution in [0.5, 0.6) is 0 Å². The predicted octanol–water partition coefficient (Wildman–Crippen LogP) is 0.518. The molecule has 0 unspecified atom stereocenters. The van der Waals surface area contributed by atoms with E-state index in [1.54, 1.807) is 0 Å². The Labute approximate surface area is 185 Å². The third kappa shape index (κ3) is 19.9. The smallest absolute Gasteiger partial charge is 0.550 e. The first-order valence-electron chi connectivity index (χ1n) is 8.78. The van der Waals surface area contributed by atoms with Crippen LogP contribution in [0.4, 0.5) is 0 Å². The molecule has 0 spiro atoms. The van der Waals surface area contributed by atoms with Crippen molar-refractivity contribution in [3.8, 4) is 0 Å². The van der Waals surface area contributed by atoms with Crippen LogP contribution in [-0.4, -0.2) is 17.9 Å². The average Bonchev–Trinajstić information content (AvgIpc) is 2.51. The summed E-state index contributed by atoms with van der Waals surface area (Å²) in [6.45, 7) is 11.1. The maximum Gasteiger partial charge on any atom is 3.00 e. The molecule has 0 saturated carbocycles. The summed E-state index contributed by atoms with van der Waals surface area (Å²) in [6, 6.07) is 0. The molecule has 0 heterocycles. The molecule has 144 valence electrons. The third-order valence-corrected chi connectivity index (χ3v) is 3.96. The monoisotopic (exact) mass is 486 g/mol. The van der Waals surface area contributed by atoms with E-state index in [1.807, 2.05) is 41.5 Å². The molecule has 0 aromatic heterocycles. The number of carboxylic acid groups (broad SMARTS) is 3. The molecule has 0 aliphatic heterocycles. The van der Waals surface area contributed by atoms with Gasteiger partial charge in [-0.05, 0) is 56.3 Å². The van der Waals surface area contributed by atoms with Crippen molar-refractivity contribution in [2.75, 3.05) is 0 Å². The van der Waals surface area contributed by atoms with E-state index in [9.17, 15) is 29.7 Å². The van der Waals surface area contributed by atoms with Gasteiger partial charge in [0.25, 0.3) is 0 Å². The molecular weight excluding hydrogens is 453 g/mol. The Bertz CT molecular complexity index is 282. The van der Waals surface area contributed by atoms with Crippen LogP contribution in [-0.2, 0) is 14.4 Å². The zero-order valence-electron chi connectivity index (χ0n) is 16.5. The first-order chi connectivity index (χ1) is 11.2. The predicted molar refractivity (Wildman–Crippen MR) is 87.2 cm³/mol. The van der Waals surface area contributed by atoms with Crippen LogP contribution >= 0.6 is 0 Å². The van der Waals surface area contributed by atoms with Crippen LogP contribution in [0.25, 0.3) is 0 Å².